The zero-order chi connectivity index (χ0) is 50.9. The summed E-state index contributed by atoms with van der Waals surface area (Å²) in [5, 5.41) is 4.71. The molecule has 2 aliphatic carbocycles. The molecular weight excluding hydrogens is 929 g/mol. The molecule has 2 aliphatic rings. The lowest BCUT2D eigenvalue weighted by Crippen LogP contribution is -2.25. The quantitative estimate of drug-likeness (QED) is 0.142. The Labute approximate surface area is 449 Å². The van der Waals surface area contributed by atoms with Gasteiger partial charge in [-0.2, -0.15) is 0 Å². The van der Waals surface area contributed by atoms with E-state index >= 15 is 0 Å². The molecule has 0 aliphatic heterocycles. The van der Waals surface area contributed by atoms with Gasteiger partial charge in [0.25, 0.3) is 0 Å². The third-order valence-corrected chi connectivity index (χ3v) is 16.2. The maximum atomic E-state index is 2.48. The first-order valence-corrected chi connectivity index (χ1v) is 26.7. The largest absolute Gasteiger partial charge is 0.310 e. The van der Waals surface area contributed by atoms with Crippen LogP contribution in [0.5, 0.6) is 0 Å². The molecule has 13 aromatic carbocycles. The minimum absolute atomic E-state index is 0.486. The van der Waals surface area contributed by atoms with Gasteiger partial charge in [0, 0.05) is 33.5 Å². The highest BCUT2D eigenvalue weighted by atomic mass is 15.2. The second kappa shape index (κ2) is 18.1. The van der Waals surface area contributed by atoms with Crippen LogP contribution in [0.4, 0.5) is 34.1 Å². The lowest BCUT2D eigenvalue weighted by atomic mass is 9.70. The van der Waals surface area contributed by atoms with Crippen molar-refractivity contribution in [2.45, 2.75) is 5.41 Å². The summed E-state index contributed by atoms with van der Waals surface area (Å²) in [6, 6.07) is 112. The van der Waals surface area contributed by atoms with Crippen molar-refractivity contribution in [1.29, 1.82) is 0 Å². The summed E-state index contributed by atoms with van der Waals surface area (Å²) in [5.74, 6) is 0. The number of hydrogen-bond donors (Lipinski definition) is 0. The van der Waals surface area contributed by atoms with Crippen LogP contribution in [0.25, 0.3) is 77.2 Å². The van der Waals surface area contributed by atoms with Crippen molar-refractivity contribution < 1.29 is 0 Å². The van der Waals surface area contributed by atoms with Crippen molar-refractivity contribution >= 4 is 55.7 Å². The van der Waals surface area contributed by atoms with Gasteiger partial charge in [-0.05, 0) is 143 Å². The van der Waals surface area contributed by atoms with Gasteiger partial charge in [-0.3, -0.25) is 0 Å². The molecule has 0 saturated carbocycles. The van der Waals surface area contributed by atoms with Crippen LogP contribution in [0, 0.1) is 0 Å². The third kappa shape index (κ3) is 7.10. The summed E-state index contributed by atoms with van der Waals surface area (Å²) in [6.07, 6.45) is 0. The van der Waals surface area contributed by atoms with E-state index in [9.17, 15) is 0 Å². The molecular formula is C75H50N2. The normalized spacial score (nSPS) is 12.5. The van der Waals surface area contributed by atoms with Gasteiger partial charge in [-0.1, -0.05) is 249 Å². The first-order chi connectivity index (χ1) is 38.2. The summed E-state index contributed by atoms with van der Waals surface area (Å²) in [7, 11) is 0. The van der Waals surface area contributed by atoms with Crippen molar-refractivity contribution in [3.8, 4) is 55.6 Å². The summed E-state index contributed by atoms with van der Waals surface area (Å²) in [6.45, 7) is 0. The van der Waals surface area contributed by atoms with E-state index in [-0.39, 0.29) is 0 Å². The molecule has 15 rings (SSSR count). The number of fused-ring (bicyclic) bond motifs is 12. The molecule has 1 spiro atoms. The molecule has 0 fully saturated rings. The molecule has 360 valence electrons. The average molecular weight is 979 g/mol. The van der Waals surface area contributed by atoms with Crippen molar-refractivity contribution in [3.05, 3.63) is 326 Å². The van der Waals surface area contributed by atoms with Crippen molar-refractivity contribution in [3.63, 3.8) is 0 Å². The second-order valence-electron chi connectivity index (χ2n) is 20.3. The van der Waals surface area contributed by atoms with E-state index in [0.717, 1.165) is 39.7 Å². The molecule has 0 aromatic heterocycles. The Bertz CT molecular complexity index is 4150. The molecule has 2 nitrogen and oxygen atoms in total. The molecule has 0 heterocycles. The van der Waals surface area contributed by atoms with Gasteiger partial charge in [0.2, 0.25) is 0 Å². The smallest absolute Gasteiger partial charge is 0.0725 e. The predicted molar refractivity (Wildman–Crippen MR) is 323 cm³/mol. The Morgan fingerprint density at radius 1 is 0.221 bits per heavy atom. The molecule has 0 N–H and O–H groups in total. The molecule has 0 radical (unpaired) electrons. The van der Waals surface area contributed by atoms with E-state index in [0.29, 0.717) is 0 Å². The van der Waals surface area contributed by atoms with E-state index in [2.05, 4.69) is 313 Å². The number of benzene rings is 13. The fourth-order valence-corrected chi connectivity index (χ4v) is 12.9. The lowest BCUT2D eigenvalue weighted by molar-refractivity contribution is 0.794. The topological polar surface area (TPSA) is 6.48 Å². The predicted octanol–water partition coefficient (Wildman–Crippen LogP) is 20.3. The number of nitrogens with zero attached hydrogens (tertiary/aromatic N) is 2. The van der Waals surface area contributed by atoms with Crippen LogP contribution in [-0.4, -0.2) is 0 Å². The molecule has 13 aromatic rings. The van der Waals surface area contributed by atoms with Crippen molar-refractivity contribution in [1.82, 2.24) is 0 Å². The average Bonchev–Trinajstić information content (AvgIpc) is 3.24. The van der Waals surface area contributed by atoms with Gasteiger partial charge in [0.1, 0.15) is 0 Å². The Kier molecular flexibility index (Phi) is 10.5. The van der Waals surface area contributed by atoms with Gasteiger partial charge in [0.05, 0.1) is 16.8 Å². The summed E-state index contributed by atoms with van der Waals surface area (Å²) in [4.78, 5) is 4.96. The Morgan fingerprint density at radius 2 is 0.584 bits per heavy atom. The Balaban J connectivity index is 1.03. The van der Waals surface area contributed by atoms with E-state index in [4.69, 9.17) is 0 Å². The maximum Gasteiger partial charge on any atom is 0.0725 e. The highest BCUT2D eigenvalue weighted by Gasteiger charge is 2.52. The van der Waals surface area contributed by atoms with Crippen LogP contribution < -0.4 is 9.80 Å². The second-order valence-corrected chi connectivity index (χ2v) is 20.3. The molecule has 0 saturated heterocycles. The van der Waals surface area contributed by atoms with Crippen LogP contribution in [0.15, 0.2) is 303 Å². The van der Waals surface area contributed by atoms with Gasteiger partial charge in [-0.15, -0.1) is 0 Å². The van der Waals surface area contributed by atoms with E-state index < -0.39 is 5.41 Å². The molecule has 0 atom stereocenters. The minimum Gasteiger partial charge on any atom is -0.310 e. The summed E-state index contributed by atoms with van der Waals surface area (Å²) >= 11 is 0. The van der Waals surface area contributed by atoms with Crippen LogP contribution in [0.2, 0.25) is 0 Å². The van der Waals surface area contributed by atoms with Gasteiger partial charge in [-0.25, -0.2) is 0 Å². The zero-order valence-electron chi connectivity index (χ0n) is 42.3. The van der Waals surface area contributed by atoms with E-state index in [1.807, 2.05) is 0 Å². The Morgan fingerprint density at radius 3 is 1.09 bits per heavy atom. The van der Waals surface area contributed by atoms with Gasteiger partial charge >= 0.3 is 0 Å². The van der Waals surface area contributed by atoms with Gasteiger partial charge in [0.15, 0.2) is 0 Å². The summed E-state index contributed by atoms with van der Waals surface area (Å²) < 4.78 is 0. The molecule has 0 bridgehead atoms. The molecule has 77 heavy (non-hydrogen) atoms. The van der Waals surface area contributed by atoms with Gasteiger partial charge < -0.3 is 9.80 Å². The van der Waals surface area contributed by atoms with Crippen LogP contribution in [0.1, 0.15) is 22.3 Å². The van der Waals surface area contributed by atoms with Crippen molar-refractivity contribution in [2.24, 2.45) is 0 Å². The van der Waals surface area contributed by atoms with Crippen LogP contribution in [-0.2, 0) is 5.41 Å². The first-order valence-electron chi connectivity index (χ1n) is 26.7. The zero-order valence-corrected chi connectivity index (χ0v) is 42.3. The van der Waals surface area contributed by atoms with Crippen LogP contribution >= 0.6 is 0 Å². The monoisotopic (exact) mass is 978 g/mol. The highest BCUT2D eigenvalue weighted by Crippen LogP contribution is 2.64. The first kappa shape index (κ1) is 44.5. The lowest BCUT2D eigenvalue weighted by Gasteiger charge is -2.32. The SMILES string of the molecule is c1ccc(-c2ccc(N(c3cc(-c4cccc5c4-c4ccccc4C54c5ccccc5-c5ccccc54)cc(N(c4ccc(-c5ccccc5)cc4)c4cccc5ccccc45)c3)c3cccc4ccccc34)cc2)cc1. The van der Waals surface area contributed by atoms with Crippen molar-refractivity contribution in [2.75, 3.05) is 9.80 Å². The Hall–Kier alpha value is -10.0. The minimum atomic E-state index is -0.486. The standard InChI is InChI=1S/C75H50N2/c1-3-20-51(21-4-1)53-40-44-58(45-41-53)76(72-38-17-26-55-24-7-9-28-62(55)72)60-48-57(49-61(50-60)77(73-39-18-27-56-25-8-10-29-63(56)73)59-46-42-54(43-47-59)52-22-5-2-6-23-52)64-33-19-37-71-74(64)67-32-13-16-36-70(67)75(71)68-34-14-11-30-65(68)66-31-12-15-35-69(66)75/h1-50H. The molecule has 0 unspecified atom stereocenters. The van der Waals surface area contributed by atoms with Crippen LogP contribution in [0.3, 0.4) is 0 Å². The summed E-state index contributed by atoms with van der Waals surface area (Å²) in [5.41, 5.74) is 23.4. The molecule has 0 amide bonds. The third-order valence-electron chi connectivity index (χ3n) is 16.2. The van der Waals surface area contributed by atoms with E-state index in [1.165, 1.54) is 93.9 Å². The number of rotatable bonds is 9. The highest BCUT2D eigenvalue weighted by molar-refractivity contribution is 6.05. The number of hydrogen-bond acceptors (Lipinski definition) is 2. The molecule has 2 heteroatoms. The van der Waals surface area contributed by atoms with E-state index in [1.54, 1.807) is 0 Å². The maximum absolute atomic E-state index is 2.48. The fraction of sp³-hybridized carbons (Fsp3) is 0.0133. The number of anilines is 6. The fourth-order valence-electron chi connectivity index (χ4n) is 12.9.